The molecule has 2 aromatic carbocycles. The second-order valence-electron chi connectivity index (χ2n) is 7.11. The van der Waals surface area contributed by atoms with Crippen LogP contribution in [-0.2, 0) is 6.54 Å². The summed E-state index contributed by atoms with van der Waals surface area (Å²) in [6.45, 7) is 6.84. The largest absolute Gasteiger partial charge is 0.506 e. The molecule has 0 unspecified atom stereocenters. The van der Waals surface area contributed by atoms with E-state index in [-0.39, 0.29) is 0 Å². The number of aliphatic imine (C=N–C) groups is 1. The van der Waals surface area contributed by atoms with Crippen LogP contribution >= 0.6 is 0 Å². The maximum atomic E-state index is 10.1. The Bertz CT molecular complexity index is 990. The Kier molecular flexibility index (Phi) is 5.79. The molecular formula is C23H27N5O. The normalized spacial score (nSPS) is 15.0. The molecule has 0 atom stereocenters. The fourth-order valence-corrected chi connectivity index (χ4v) is 3.77. The number of phenolic OH excluding ortho intramolecular Hbond substituents is 1. The van der Waals surface area contributed by atoms with Gasteiger partial charge in [0.05, 0.1) is 17.9 Å². The third-order valence-electron chi connectivity index (χ3n) is 5.27. The molecule has 0 spiro atoms. The number of aromatic nitrogens is 1. The monoisotopic (exact) mass is 389 g/mol. The number of hydrogen-bond acceptors (Lipinski definition) is 4. The van der Waals surface area contributed by atoms with Crippen LogP contribution in [0.2, 0.25) is 0 Å². The molecule has 6 heteroatoms. The minimum Gasteiger partial charge on any atom is -0.506 e. The number of nitrogens with zero attached hydrogens (tertiary/aromatic N) is 4. The van der Waals surface area contributed by atoms with Crippen LogP contribution in [0, 0.1) is 0 Å². The Morgan fingerprint density at radius 2 is 1.79 bits per heavy atom. The number of phenols is 1. The van der Waals surface area contributed by atoms with E-state index in [4.69, 9.17) is 4.99 Å². The maximum Gasteiger partial charge on any atom is 0.194 e. The van der Waals surface area contributed by atoms with E-state index in [9.17, 15) is 5.11 Å². The van der Waals surface area contributed by atoms with Gasteiger partial charge in [0.2, 0.25) is 0 Å². The highest BCUT2D eigenvalue weighted by molar-refractivity contribution is 5.85. The average molecular weight is 390 g/mol. The third kappa shape index (κ3) is 4.26. The minimum atomic E-state index is 0.337. The number of fused-ring (bicyclic) bond motifs is 1. The van der Waals surface area contributed by atoms with Gasteiger partial charge >= 0.3 is 0 Å². The first-order chi connectivity index (χ1) is 14.3. The van der Waals surface area contributed by atoms with Gasteiger partial charge < -0.3 is 20.2 Å². The summed E-state index contributed by atoms with van der Waals surface area (Å²) in [5.41, 5.74) is 1.89. The number of para-hydroxylation sites is 2. The molecule has 1 aliphatic rings. The van der Waals surface area contributed by atoms with Gasteiger partial charge in [-0.15, -0.1) is 0 Å². The lowest BCUT2D eigenvalue weighted by atomic mass is 10.1. The zero-order chi connectivity index (χ0) is 20.1. The van der Waals surface area contributed by atoms with Gasteiger partial charge in [-0.3, -0.25) is 4.98 Å². The van der Waals surface area contributed by atoms with Gasteiger partial charge in [-0.25, -0.2) is 4.99 Å². The molecule has 2 heterocycles. The van der Waals surface area contributed by atoms with Crippen LogP contribution in [0.1, 0.15) is 12.6 Å². The molecule has 0 amide bonds. The van der Waals surface area contributed by atoms with Crippen LogP contribution in [0.3, 0.4) is 0 Å². The zero-order valence-electron chi connectivity index (χ0n) is 16.8. The Morgan fingerprint density at radius 1 is 1.03 bits per heavy atom. The van der Waals surface area contributed by atoms with E-state index in [0.29, 0.717) is 12.3 Å². The van der Waals surface area contributed by atoms with E-state index in [2.05, 4.69) is 39.2 Å². The smallest absolute Gasteiger partial charge is 0.194 e. The van der Waals surface area contributed by atoms with Crippen molar-refractivity contribution in [1.82, 2.24) is 15.2 Å². The second kappa shape index (κ2) is 8.82. The highest BCUT2D eigenvalue weighted by Crippen LogP contribution is 2.27. The van der Waals surface area contributed by atoms with Gasteiger partial charge in [-0.05, 0) is 30.5 Å². The quantitative estimate of drug-likeness (QED) is 0.530. The van der Waals surface area contributed by atoms with Gasteiger partial charge in [-0.1, -0.05) is 36.4 Å². The third-order valence-corrected chi connectivity index (χ3v) is 5.27. The second-order valence-corrected chi connectivity index (χ2v) is 7.11. The molecule has 150 valence electrons. The fourth-order valence-electron chi connectivity index (χ4n) is 3.77. The lowest BCUT2D eigenvalue weighted by Gasteiger charge is -2.37. The van der Waals surface area contributed by atoms with Crippen molar-refractivity contribution in [3.8, 4) is 5.75 Å². The number of piperazine rings is 1. The van der Waals surface area contributed by atoms with Crippen LogP contribution in [0.15, 0.2) is 65.8 Å². The predicted octanol–water partition coefficient (Wildman–Crippen LogP) is 3.23. The standard InChI is InChI=1S/C23H27N5O/c1-2-24-23(26-17-20-19-8-4-3-7-18(19)11-12-25-20)28-15-13-27(14-16-28)21-9-5-6-10-22(21)29/h3-12,29H,2,13-17H2,1H3,(H,24,26). The van der Waals surface area contributed by atoms with Gasteiger partial charge in [-0.2, -0.15) is 0 Å². The average Bonchev–Trinajstić information content (AvgIpc) is 2.77. The van der Waals surface area contributed by atoms with Crippen molar-refractivity contribution in [3.05, 3.63) is 66.5 Å². The van der Waals surface area contributed by atoms with Crippen molar-refractivity contribution in [3.63, 3.8) is 0 Å². The van der Waals surface area contributed by atoms with Gasteiger partial charge in [0, 0.05) is 44.3 Å². The van der Waals surface area contributed by atoms with Crippen LogP contribution in [-0.4, -0.2) is 53.7 Å². The van der Waals surface area contributed by atoms with Gasteiger partial charge in [0.15, 0.2) is 5.96 Å². The van der Waals surface area contributed by atoms with Crippen molar-refractivity contribution in [2.24, 2.45) is 4.99 Å². The molecule has 4 rings (SSSR count). The SMILES string of the molecule is CCNC(=NCc1nccc2ccccc12)N1CCN(c2ccccc2O)CC1. The molecule has 1 aliphatic heterocycles. The van der Waals surface area contributed by atoms with Crippen LogP contribution in [0.5, 0.6) is 5.75 Å². The fraction of sp³-hybridized carbons (Fsp3) is 0.304. The molecule has 3 aromatic rings. The first-order valence-electron chi connectivity index (χ1n) is 10.1. The summed E-state index contributed by atoms with van der Waals surface area (Å²) < 4.78 is 0. The lowest BCUT2D eigenvalue weighted by Crippen LogP contribution is -2.52. The number of rotatable bonds is 4. The summed E-state index contributed by atoms with van der Waals surface area (Å²) in [5, 5.41) is 15.9. The molecule has 1 saturated heterocycles. The van der Waals surface area contributed by atoms with Crippen molar-refractivity contribution < 1.29 is 5.11 Å². The molecule has 2 N–H and O–H groups in total. The summed E-state index contributed by atoms with van der Waals surface area (Å²) in [7, 11) is 0. The summed E-state index contributed by atoms with van der Waals surface area (Å²) in [6.07, 6.45) is 1.85. The predicted molar refractivity (Wildman–Crippen MR) is 118 cm³/mol. The van der Waals surface area contributed by atoms with E-state index in [1.54, 1.807) is 6.07 Å². The molecule has 0 aliphatic carbocycles. The zero-order valence-corrected chi connectivity index (χ0v) is 16.8. The van der Waals surface area contributed by atoms with E-state index in [1.807, 2.05) is 42.6 Å². The molecule has 0 bridgehead atoms. The number of guanidine groups is 1. The van der Waals surface area contributed by atoms with E-state index < -0.39 is 0 Å². The molecule has 29 heavy (non-hydrogen) atoms. The highest BCUT2D eigenvalue weighted by Gasteiger charge is 2.21. The van der Waals surface area contributed by atoms with E-state index >= 15 is 0 Å². The number of benzene rings is 2. The van der Waals surface area contributed by atoms with E-state index in [0.717, 1.165) is 55.5 Å². The van der Waals surface area contributed by atoms with Crippen molar-refractivity contribution >= 4 is 22.4 Å². The van der Waals surface area contributed by atoms with Crippen molar-refractivity contribution in [1.29, 1.82) is 0 Å². The summed E-state index contributed by atoms with van der Waals surface area (Å²) in [6, 6.07) is 17.9. The molecule has 1 fully saturated rings. The molecule has 6 nitrogen and oxygen atoms in total. The van der Waals surface area contributed by atoms with Crippen LogP contribution in [0.4, 0.5) is 5.69 Å². The molecule has 0 radical (unpaired) electrons. The topological polar surface area (TPSA) is 64.0 Å². The molecule has 0 saturated carbocycles. The van der Waals surface area contributed by atoms with Crippen LogP contribution < -0.4 is 10.2 Å². The molecular weight excluding hydrogens is 362 g/mol. The van der Waals surface area contributed by atoms with E-state index in [1.165, 1.54) is 5.39 Å². The Labute approximate surface area is 171 Å². The number of pyridine rings is 1. The highest BCUT2D eigenvalue weighted by atomic mass is 16.3. The summed E-state index contributed by atoms with van der Waals surface area (Å²) >= 11 is 0. The number of anilines is 1. The first-order valence-corrected chi connectivity index (χ1v) is 10.1. The van der Waals surface area contributed by atoms with Gasteiger partial charge in [0.25, 0.3) is 0 Å². The van der Waals surface area contributed by atoms with Gasteiger partial charge in [0.1, 0.15) is 5.75 Å². The van der Waals surface area contributed by atoms with Crippen LogP contribution in [0.25, 0.3) is 10.8 Å². The summed E-state index contributed by atoms with van der Waals surface area (Å²) in [5.74, 6) is 1.25. The Balaban J connectivity index is 1.47. The molecule has 1 aromatic heterocycles. The Hall–Kier alpha value is -3.28. The van der Waals surface area contributed by atoms with Crippen molar-refractivity contribution in [2.45, 2.75) is 13.5 Å². The number of nitrogens with one attached hydrogen (secondary N) is 1. The van der Waals surface area contributed by atoms with Crippen molar-refractivity contribution in [2.75, 3.05) is 37.6 Å². The maximum absolute atomic E-state index is 10.1. The minimum absolute atomic E-state index is 0.337. The Morgan fingerprint density at radius 3 is 2.59 bits per heavy atom. The number of aromatic hydroxyl groups is 1. The first kappa shape index (κ1) is 19.1. The lowest BCUT2D eigenvalue weighted by molar-refractivity contribution is 0.369. The summed E-state index contributed by atoms with van der Waals surface area (Å²) in [4.78, 5) is 13.9. The number of hydrogen-bond donors (Lipinski definition) is 2.